The Kier molecular flexibility index (Phi) is 4.34. The summed E-state index contributed by atoms with van der Waals surface area (Å²) >= 11 is 6.02. The fourth-order valence-corrected chi connectivity index (χ4v) is 2.25. The molecule has 0 radical (unpaired) electrons. The first-order valence-electron chi connectivity index (χ1n) is 6.93. The minimum Gasteiger partial charge on any atom is -0.474 e. The summed E-state index contributed by atoms with van der Waals surface area (Å²) < 4.78 is 5.63. The molecule has 2 heterocycles. The number of fused-ring (bicyclic) bond motifs is 1. The van der Waals surface area contributed by atoms with Crippen LogP contribution in [0.4, 0.5) is 5.82 Å². The highest BCUT2D eigenvalue weighted by Crippen LogP contribution is 2.21. The largest absolute Gasteiger partial charge is 0.474 e. The van der Waals surface area contributed by atoms with E-state index < -0.39 is 0 Å². The van der Waals surface area contributed by atoms with Crippen molar-refractivity contribution in [1.82, 2.24) is 15.0 Å². The van der Waals surface area contributed by atoms with Gasteiger partial charge in [-0.2, -0.15) is 0 Å². The third kappa shape index (κ3) is 3.26. The number of nitrogens with zero attached hydrogens (tertiary/aromatic N) is 3. The molecule has 0 aliphatic heterocycles. The summed E-state index contributed by atoms with van der Waals surface area (Å²) in [4.78, 5) is 12.6. The summed E-state index contributed by atoms with van der Waals surface area (Å²) in [5.41, 5.74) is 0.904. The maximum atomic E-state index is 6.02. The van der Waals surface area contributed by atoms with E-state index in [4.69, 9.17) is 16.3 Å². The number of hydrogen-bond acceptors (Lipinski definition) is 5. The quantitative estimate of drug-likeness (QED) is 0.780. The fourth-order valence-electron chi connectivity index (χ4n) is 2.08. The second-order valence-corrected chi connectivity index (χ2v) is 5.29. The van der Waals surface area contributed by atoms with Crippen molar-refractivity contribution in [3.63, 3.8) is 0 Å². The zero-order valence-corrected chi connectivity index (χ0v) is 12.8. The zero-order valence-electron chi connectivity index (χ0n) is 12.0. The molecule has 22 heavy (non-hydrogen) atoms. The normalized spacial score (nSPS) is 12.1. The van der Waals surface area contributed by atoms with E-state index in [0.29, 0.717) is 17.5 Å². The van der Waals surface area contributed by atoms with Crippen molar-refractivity contribution in [3.8, 4) is 5.88 Å². The Morgan fingerprint density at radius 3 is 2.86 bits per heavy atom. The summed E-state index contributed by atoms with van der Waals surface area (Å²) in [6.45, 7) is 2.43. The number of ether oxygens (including phenoxy) is 1. The van der Waals surface area contributed by atoms with Crippen LogP contribution in [0, 0.1) is 0 Å². The van der Waals surface area contributed by atoms with Gasteiger partial charge >= 0.3 is 0 Å². The smallest absolute Gasteiger partial charge is 0.232 e. The van der Waals surface area contributed by atoms with E-state index in [-0.39, 0.29) is 6.04 Å². The second-order valence-electron chi connectivity index (χ2n) is 4.89. The van der Waals surface area contributed by atoms with Gasteiger partial charge in [0.2, 0.25) is 5.88 Å². The van der Waals surface area contributed by atoms with E-state index in [1.807, 2.05) is 31.2 Å². The Morgan fingerprint density at radius 2 is 2.00 bits per heavy atom. The molecular weight excluding hydrogens is 300 g/mol. The van der Waals surface area contributed by atoms with Crippen molar-refractivity contribution in [2.24, 2.45) is 0 Å². The molecule has 0 aliphatic rings. The van der Waals surface area contributed by atoms with Crippen LogP contribution in [-0.4, -0.2) is 27.6 Å². The minimum absolute atomic E-state index is 0.0383. The van der Waals surface area contributed by atoms with Gasteiger partial charge in [0.05, 0.1) is 11.6 Å². The van der Waals surface area contributed by atoms with Crippen LogP contribution >= 0.6 is 11.6 Å². The van der Waals surface area contributed by atoms with Crippen molar-refractivity contribution >= 4 is 28.3 Å². The standard InChI is InChI=1S/C16H15ClN4O/c1-11(9-22-16-13(17)6-4-8-18-16)21-15-12-5-2-3-7-14(12)19-10-20-15/h2-8,10-11H,9H2,1H3,(H,19,20,21)/t11-/m0/s1. The number of benzene rings is 1. The molecule has 1 atom stereocenters. The minimum atomic E-state index is 0.0383. The topological polar surface area (TPSA) is 59.9 Å². The predicted octanol–water partition coefficient (Wildman–Crippen LogP) is 3.56. The molecule has 0 saturated carbocycles. The molecule has 0 fully saturated rings. The maximum Gasteiger partial charge on any atom is 0.232 e. The Hall–Kier alpha value is -2.40. The number of para-hydroxylation sites is 1. The van der Waals surface area contributed by atoms with E-state index in [2.05, 4.69) is 20.3 Å². The van der Waals surface area contributed by atoms with E-state index in [9.17, 15) is 0 Å². The number of rotatable bonds is 5. The summed E-state index contributed by atoms with van der Waals surface area (Å²) in [5, 5.41) is 4.81. The third-order valence-corrected chi connectivity index (χ3v) is 3.41. The first-order valence-corrected chi connectivity index (χ1v) is 7.31. The number of aromatic nitrogens is 3. The highest BCUT2D eigenvalue weighted by Gasteiger charge is 2.09. The van der Waals surface area contributed by atoms with Crippen LogP contribution in [0.25, 0.3) is 10.9 Å². The van der Waals surface area contributed by atoms with Gasteiger partial charge in [0.1, 0.15) is 23.8 Å². The van der Waals surface area contributed by atoms with Crippen LogP contribution in [0.5, 0.6) is 5.88 Å². The van der Waals surface area contributed by atoms with Gasteiger partial charge in [0, 0.05) is 11.6 Å². The molecule has 2 aromatic heterocycles. The van der Waals surface area contributed by atoms with E-state index >= 15 is 0 Å². The lowest BCUT2D eigenvalue weighted by Gasteiger charge is -2.16. The lowest BCUT2D eigenvalue weighted by Crippen LogP contribution is -2.24. The summed E-state index contributed by atoms with van der Waals surface area (Å²) in [5.74, 6) is 1.22. The molecule has 3 aromatic rings. The van der Waals surface area contributed by atoms with Crippen LogP contribution in [0.2, 0.25) is 5.02 Å². The Bertz CT molecular complexity index is 775. The molecule has 0 bridgehead atoms. The number of nitrogens with one attached hydrogen (secondary N) is 1. The number of hydrogen-bond donors (Lipinski definition) is 1. The van der Waals surface area contributed by atoms with E-state index in [0.717, 1.165) is 16.7 Å². The predicted molar refractivity (Wildman–Crippen MR) is 87.4 cm³/mol. The Labute approximate surface area is 133 Å². The number of pyridine rings is 1. The van der Waals surface area contributed by atoms with Gasteiger partial charge in [-0.1, -0.05) is 23.7 Å². The molecule has 0 spiro atoms. The molecule has 0 aliphatic carbocycles. The molecule has 1 aromatic carbocycles. The van der Waals surface area contributed by atoms with E-state index in [1.54, 1.807) is 24.7 Å². The van der Waals surface area contributed by atoms with E-state index in [1.165, 1.54) is 0 Å². The summed E-state index contributed by atoms with van der Waals surface area (Å²) in [6.07, 6.45) is 3.20. The second kappa shape index (κ2) is 6.58. The zero-order chi connectivity index (χ0) is 15.4. The van der Waals surface area contributed by atoms with Crippen LogP contribution in [0.1, 0.15) is 6.92 Å². The Morgan fingerprint density at radius 1 is 1.14 bits per heavy atom. The van der Waals surface area contributed by atoms with Crippen molar-refractivity contribution in [3.05, 3.63) is 53.9 Å². The molecule has 112 valence electrons. The molecule has 3 rings (SSSR count). The van der Waals surface area contributed by atoms with Gasteiger partial charge in [0.25, 0.3) is 0 Å². The van der Waals surface area contributed by atoms with Gasteiger partial charge in [-0.05, 0) is 31.2 Å². The van der Waals surface area contributed by atoms with Gasteiger partial charge in [-0.15, -0.1) is 0 Å². The average Bonchev–Trinajstić information content (AvgIpc) is 2.54. The average molecular weight is 315 g/mol. The van der Waals surface area contributed by atoms with Gasteiger partial charge in [-0.3, -0.25) is 0 Å². The molecule has 6 heteroatoms. The van der Waals surface area contributed by atoms with Crippen molar-refractivity contribution in [1.29, 1.82) is 0 Å². The maximum absolute atomic E-state index is 6.02. The number of anilines is 1. The SMILES string of the molecule is C[C@@H](COc1ncccc1Cl)Nc1ncnc2ccccc12. The fraction of sp³-hybridized carbons (Fsp3) is 0.188. The third-order valence-electron chi connectivity index (χ3n) is 3.12. The molecular formula is C16H15ClN4O. The lowest BCUT2D eigenvalue weighted by atomic mass is 10.2. The lowest BCUT2D eigenvalue weighted by molar-refractivity contribution is 0.292. The van der Waals surface area contributed by atoms with Crippen molar-refractivity contribution in [2.45, 2.75) is 13.0 Å². The first kappa shape index (κ1) is 14.5. The summed E-state index contributed by atoms with van der Waals surface area (Å²) in [6, 6.07) is 11.4. The number of halogens is 1. The van der Waals surface area contributed by atoms with Crippen molar-refractivity contribution < 1.29 is 4.74 Å². The molecule has 0 saturated heterocycles. The van der Waals surface area contributed by atoms with Crippen LogP contribution in [0.3, 0.4) is 0 Å². The molecule has 0 amide bonds. The van der Waals surface area contributed by atoms with Crippen LogP contribution in [0.15, 0.2) is 48.9 Å². The molecule has 5 nitrogen and oxygen atoms in total. The van der Waals surface area contributed by atoms with Crippen LogP contribution < -0.4 is 10.1 Å². The highest BCUT2D eigenvalue weighted by atomic mass is 35.5. The van der Waals surface area contributed by atoms with Crippen LogP contribution in [-0.2, 0) is 0 Å². The van der Waals surface area contributed by atoms with Gasteiger partial charge < -0.3 is 10.1 Å². The van der Waals surface area contributed by atoms with Crippen molar-refractivity contribution in [2.75, 3.05) is 11.9 Å². The van der Waals surface area contributed by atoms with Gasteiger partial charge in [0.15, 0.2) is 0 Å². The summed E-state index contributed by atoms with van der Waals surface area (Å²) in [7, 11) is 0. The molecule has 1 N–H and O–H groups in total. The van der Waals surface area contributed by atoms with Gasteiger partial charge in [-0.25, -0.2) is 15.0 Å². The first-order chi connectivity index (χ1) is 10.7. The highest BCUT2D eigenvalue weighted by molar-refractivity contribution is 6.31. The Balaban J connectivity index is 1.68. The molecule has 0 unspecified atom stereocenters. The monoisotopic (exact) mass is 314 g/mol.